The normalized spacial score (nSPS) is 15.4. The molecule has 1 aliphatic rings. The molecule has 1 heterocycles. The third-order valence-corrected chi connectivity index (χ3v) is 2.81. The van der Waals surface area contributed by atoms with Gasteiger partial charge in [-0.2, -0.15) is 9.37 Å². The Bertz CT molecular complexity index is 407. The molecule has 0 bridgehead atoms. The summed E-state index contributed by atoms with van der Waals surface area (Å²) in [5, 5.41) is 2.66. The van der Waals surface area contributed by atoms with Crippen molar-refractivity contribution in [1.29, 1.82) is 0 Å². The molecule has 1 aromatic rings. The van der Waals surface area contributed by atoms with Gasteiger partial charge in [0.1, 0.15) is 0 Å². The maximum Gasteiger partial charge on any atom is 0.251 e. The molecule has 0 saturated heterocycles. The predicted octanol–water partition coefficient (Wildman–Crippen LogP) is 2.00. The summed E-state index contributed by atoms with van der Waals surface area (Å²) in [6.07, 6.45) is 2.38. The molecule has 1 N–H and O–H groups in total. The number of likely N-dealkylation sites (N-methyl/N-ethyl adjacent to an activating group) is 1. The number of hydrogen-bond acceptors (Lipinski definition) is 3. The largest absolute Gasteiger partial charge is 0.366 e. The summed E-state index contributed by atoms with van der Waals surface area (Å²) in [6, 6.07) is 1.11. The fourth-order valence-electron chi connectivity index (χ4n) is 1.62. The van der Waals surface area contributed by atoms with Gasteiger partial charge in [-0.15, -0.1) is 0 Å². The second-order valence-electron chi connectivity index (χ2n) is 4.23. The van der Waals surface area contributed by atoms with Crippen LogP contribution in [0.5, 0.6) is 0 Å². The van der Waals surface area contributed by atoms with Crippen molar-refractivity contribution in [1.82, 2.24) is 9.88 Å². The minimum Gasteiger partial charge on any atom is -0.366 e. The van der Waals surface area contributed by atoms with E-state index in [1.54, 1.807) is 0 Å². The second kappa shape index (κ2) is 4.91. The first-order chi connectivity index (χ1) is 8.08. The van der Waals surface area contributed by atoms with Crippen molar-refractivity contribution in [2.75, 3.05) is 25.5 Å². The van der Waals surface area contributed by atoms with E-state index in [4.69, 9.17) is 0 Å². The standard InChI is InChI=1S/C11H14F3N3/c1-17(7-2-3-7)5-4-15-11-9(13)6-8(12)10(14)16-11/h6-7H,2-5H2,1H3,(H,15,16). The van der Waals surface area contributed by atoms with Crippen LogP contribution in [-0.2, 0) is 0 Å². The molecule has 0 unspecified atom stereocenters. The van der Waals surface area contributed by atoms with Crippen molar-refractivity contribution >= 4 is 5.82 Å². The Balaban J connectivity index is 1.87. The van der Waals surface area contributed by atoms with Crippen molar-refractivity contribution in [3.8, 4) is 0 Å². The van der Waals surface area contributed by atoms with Gasteiger partial charge in [-0.25, -0.2) is 8.78 Å². The molecule has 1 aliphatic carbocycles. The zero-order valence-corrected chi connectivity index (χ0v) is 9.51. The fourth-order valence-corrected chi connectivity index (χ4v) is 1.62. The molecule has 6 heteroatoms. The zero-order chi connectivity index (χ0) is 12.4. The summed E-state index contributed by atoms with van der Waals surface area (Å²) in [4.78, 5) is 5.33. The van der Waals surface area contributed by atoms with Gasteiger partial charge in [0, 0.05) is 25.2 Å². The predicted molar refractivity (Wildman–Crippen MR) is 58.3 cm³/mol. The molecule has 0 spiro atoms. The molecule has 1 aromatic heterocycles. The van der Waals surface area contributed by atoms with Gasteiger partial charge in [-0.3, -0.25) is 0 Å². The van der Waals surface area contributed by atoms with E-state index in [2.05, 4.69) is 15.2 Å². The van der Waals surface area contributed by atoms with Gasteiger partial charge in [-0.1, -0.05) is 0 Å². The van der Waals surface area contributed by atoms with Crippen LogP contribution in [0.3, 0.4) is 0 Å². The number of halogens is 3. The zero-order valence-electron chi connectivity index (χ0n) is 9.51. The molecule has 17 heavy (non-hydrogen) atoms. The minimum atomic E-state index is -1.29. The van der Waals surface area contributed by atoms with Crippen molar-refractivity contribution in [2.24, 2.45) is 0 Å². The van der Waals surface area contributed by atoms with E-state index < -0.39 is 17.6 Å². The minimum absolute atomic E-state index is 0.243. The highest BCUT2D eigenvalue weighted by Gasteiger charge is 2.25. The molecule has 94 valence electrons. The molecule has 0 aromatic carbocycles. The summed E-state index contributed by atoms with van der Waals surface area (Å²) in [7, 11) is 1.98. The summed E-state index contributed by atoms with van der Waals surface area (Å²) in [5.41, 5.74) is 0. The van der Waals surface area contributed by atoms with Gasteiger partial charge in [0.15, 0.2) is 17.5 Å². The number of nitrogens with zero attached hydrogens (tertiary/aromatic N) is 2. The van der Waals surface area contributed by atoms with Crippen molar-refractivity contribution in [3.63, 3.8) is 0 Å². The van der Waals surface area contributed by atoms with Crippen LogP contribution in [-0.4, -0.2) is 36.1 Å². The van der Waals surface area contributed by atoms with Crippen LogP contribution in [0.1, 0.15) is 12.8 Å². The number of nitrogens with one attached hydrogen (secondary N) is 1. The monoisotopic (exact) mass is 245 g/mol. The Morgan fingerprint density at radius 3 is 2.71 bits per heavy atom. The van der Waals surface area contributed by atoms with Gasteiger partial charge >= 0.3 is 0 Å². The van der Waals surface area contributed by atoms with E-state index in [0.29, 0.717) is 25.2 Å². The Hall–Kier alpha value is -1.30. The molecule has 0 aliphatic heterocycles. The average molecular weight is 245 g/mol. The first kappa shape index (κ1) is 12.2. The maximum absolute atomic E-state index is 13.2. The topological polar surface area (TPSA) is 28.2 Å². The van der Waals surface area contributed by atoms with Crippen LogP contribution in [0.25, 0.3) is 0 Å². The molecule has 1 fully saturated rings. The lowest BCUT2D eigenvalue weighted by molar-refractivity contribution is 0.336. The van der Waals surface area contributed by atoms with Gasteiger partial charge in [0.05, 0.1) is 0 Å². The van der Waals surface area contributed by atoms with Gasteiger partial charge < -0.3 is 10.2 Å². The number of aromatic nitrogens is 1. The van der Waals surface area contributed by atoms with E-state index in [1.165, 1.54) is 12.8 Å². The quantitative estimate of drug-likeness (QED) is 0.804. The Morgan fingerprint density at radius 1 is 1.35 bits per heavy atom. The van der Waals surface area contributed by atoms with Crippen LogP contribution < -0.4 is 5.32 Å². The summed E-state index contributed by atoms with van der Waals surface area (Å²) in [6.45, 7) is 1.16. The summed E-state index contributed by atoms with van der Waals surface area (Å²) in [5.74, 6) is -3.68. The van der Waals surface area contributed by atoms with Crippen LogP contribution in [0.2, 0.25) is 0 Å². The summed E-state index contributed by atoms with van der Waals surface area (Å²) >= 11 is 0. The van der Waals surface area contributed by atoms with Crippen LogP contribution in [0.4, 0.5) is 19.0 Å². The highest BCUT2D eigenvalue weighted by atomic mass is 19.2. The molecular weight excluding hydrogens is 231 g/mol. The number of anilines is 1. The lowest BCUT2D eigenvalue weighted by atomic mass is 10.4. The number of pyridine rings is 1. The molecule has 2 rings (SSSR count). The molecular formula is C11H14F3N3. The first-order valence-electron chi connectivity index (χ1n) is 5.53. The molecule has 0 amide bonds. The first-order valence-corrected chi connectivity index (χ1v) is 5.53. The highest BCUT2D eigenvalue weighted by Crippen LogP contribution is 2.24. The van der Waals surface area contributed by atoms with Crippen molar-refractivity contribution < 1.29 is 13.2 Å². The van der Waals surface area contributed by atoms with Gasteiger partial charge in [-0.05, 0) is 19.9 Å². The third-order valence-electron chi connectivity index (χ3n) is 2.81. The molecule has 3 nitrogen and oxygen atoms in total. The lowest BCUT2D eigenvalue weighted by Gasteiger charge is -2.16. The SMILES string of the molecule is CN(CCNc1nc(F)c(F)cc1F)C1CC1. The number of rotatable bonds is 5. The Kier molecular flexibility index (Phi) is 3.51. The van der Waals surface area contributed by atoms with E-state index in [1.807, 2.05) is 7.05 Å². The van der Waals surface area contributed by atoms with E-state index >= 15 is 0 Å². The van der Waals surface area contributed by atoms with Crippen molar-refractivity contribution in [2.45, 2.75) is 18.9 Å². The van der Waals surface area contributed by atoms with Crippen LogP contribution in [0.15, 0.2) is 6.07 Å². The third kappa shape index (κ3) is 3.09. The average Bonchev–Trinajstić information content (AvgIpc) is 3.09. The van der Waals surface area contributed by atoms with Gasteiger partial charge in [0.2, 0.25) is 0 Å². The van der Waals surface area contributed by atoms with Gasteiger partial charge in [0.25, 0.3) is 5.95 Å². The van der Waals surface area contributed by atoms with E-state index in [0.717, 1.165) is 0 Å². The molecule has 1 saturated carbocycles. The Labute approximate surface area is 97.6 Å². The smallest absolute Gasteiger partial charge is 0.251 e. The highest BCUT2D eigenvalue weighted by molar-refractivity contribution is 5.36. The number of hydrogen-bond donors (Lipinski definition) is 1. The lowest BCUT2D eigenvalue weighted by Crippen LogP contribution is -2.27. The fraction of sp³-hybridized carbons (Fsp3) is 0.545. The van der Waals surface area contributed by atoms with Crippen LogP contribution in [0, 0.1) is 17.6 Å². The maximum atomic E-state index is 13.2. The van der Waals surface area contributed by atoms with Crippen molar-refractivity contribution in [3.05, 3.63) is 23.6 Å². The van der Waals surface area contributed by atoms with E-state index in [-0.39, 0.29) is 5.82 Å². The second-order valence-corrected chi connectivity index (χ2v) is 4.23. The Morgan fingerprint density at radius 2 is 2.06 bits per heavy atom. The molecule has 0 atom stereocenters. The van der Waals surface area contributed by atoms with E-state index in [9.17, 15) is 13.2 Å². The molecule has 0 radical (unpaired) electrons. The van der Waals surface area contributed by atoms with Crippen LogP contribution >= 0.6 is 0 Å². The summed E-state index contributed by atoms with van der Waals surface area (Å²) < 4.78 is 38.6.